The largest absolute Gasteiger partial charge is 0.316 e. The van der Waals surface area contributed by atoms with Crippen molar-refractivity contribution in [1.82, 2.24) is 5.32 Å². The number of hydrogen-bond donors (Lipinski definition) is 1. The van der Waals surface area contributed by atoms with Crippen LogP contribution in [-0.2, 0) is 6.42 Å². The van der Waals surface area contributed by atoms with Crippen LogP contribution < -0.4 is 5.32 Å². The third-order valence-electron chi connectivity index (χ3n) is 3.36. The van der Waals surface area contributed by atoms with E-state index in [1.165, 1.54) is 21.8 Å². The average molecular weight is 275 g/mol. The first kappa shape index (κ1) is 12.3. The summed E-state index contributed by atoms with van der Waals surface area (Å²) in [5.74, 6) is 1.92. The SMILES string of the molecule is c1ccc2c(c1)SCC2CNCCc1ccsc1. The zero-order valence-corrected chi connectivity index (χ0v) is 11.9. The van der Waals surface area contributed by atoms with Crippen molar-refractivity contribution in [3.63, 3.8) is 0 Å². The zero-order chi connectivity index (χ0) is 12.2. The van der Waals surface area contributed by atoms with E-state index in [-0.39, 0.29) is 0 Å². The number of thioether (sulfide) groups is 1. The summed E-state index contributed by atoms with van der Waals surface area (Å²) in [7, 11) is 0. The fourth-order valence-corrected chi connectivity index (χ4v) is 4.30. The highest BCUT2D eigenvalue weighted by Crippen LogP contribution is 2.38. The minimum atomic E-state index is 0.689. The molecule has 3 heteroatoms. The fraction of sp³-hybridized carbons (Fsp3) is 0.333. The molecule has 2 aromatic rings. The van der Waals surface area contributed by atoms with Gasteiger partial charge in [-0.15, -0.1) is 11.8 Å². The standard InChI is InChI=1S/C15H17NS2/c1-2-4-15-14(3-1)13(11-18-15)9-16-7-5-12-6-8-17-10-12/h1-4,6,8,10,13,16H,5,7,9,11H2. The summed E-state index contributed by atoms with van der Waals surface area (Å²) in [6, 6.07) is 11.0. The van der Waals surface area contributed by atoms with E-state index in [0.717, 1.165) is 19.5 Å². The van der Waals surface area contributed by atoms with Gasteiger partial charge in [0.1, 0.15) is 0 Å². The van der Waals surface area contributed by atoms with Crippen molar-refractivity contribution in [2.75, 3.05) is 18.8 Å². The lowest BCUT2D eigenvalue weighted by atomic mass is 10.0. The molecule has 18 heavy (non-hydrogen) atoms. The molecule has 1 aliphatic heterocycles. The van der Waals surface area contributed by atoms with Crippen LogP contribution in [0.25, 0.3) is 0 Å². The van der Waals surface area contributed by atoms with E-state index < -0.39 is 0 Å². The van der Waals surface area contributed by atoms with Crippen LogP contribution in [0, 0.1) is 0 Å². The lowest BCUT2D eigenvalue weighted by molar-refractivity contribution is 0.621. The minimum Gasteiger partial charge on any atom is -0.316 e. The van der Waals surface area contributed by atoms with Gasteiger partial charge in [0, 0.05) is 23.1 Å². The molecule has 1 aliphatic rings. The first-order valence-corrected chi connectivity index (χ1v) is 8.30. The van der Waals surface area contributed by atoms with Crippen molar-refractivity contribution in [2.45, 2.75) is 17.2 Å². The summed E-state index contributed by atoms with van der Waals surface area (Å²) in [5, 5.41) is 7.99. The van der Waals surface area contributed by atoms with Crippen LogP contribution in [0.3, 0.4) is 0 Å². The highest BCUT2D eigenvalue weighted by molar-refractivity contribution is 7.99. The third-order valence-corrected chi connectivity index (χ3v) is 5.34. The molecule has 0 aliphatic carbocycles. The molecule has 1 aromatic carbocycles. The Kier molecular flexibility index (Phi) is 4.03. The molecule has 1 nitrogen and oxygen atoms in total. The Hall–Kier alpha value is -0.770. The second-order valence-electron chi connectivity index (χ2n) is 4.63. The Morgan fingerprint density at radius 2 is 2.17 bits per heavy atom. The summed E-state index contributed by atoms with van der Waals surface area (Å²) >= 11 is 3.78. The Labute approximate surface area is 117 Å². The molecule has 0 saturated carbocycles. The van der Waals surface area contributed by atoms with Crippen LogP contribution >= 0.6 is 23.1 Å². The van der Waals surface area contributed by atoms with Crippen LogP contribution in [0.5, 0.6) is 0 Å². The molecule has 2 heterocycles. The van der Waals surface area contributed by atoms with Gasteiger partial charge in [0.15, 0.2) is 0 Å². The lowest BCUT2D eigenvalue weighted by Crippen LogP contribution is -2.23. The molecule has 0 bridgehead atoms. The molecule has 1 unspecified atom stereocenters. The smallest absolute Gasteiger partial charge is 0.0108 e. The van der Waals surface area contributed by atoms with Crippen molar-refractivity contribution in [2.24, 2.45) is 0 Å². The maximum absolute atomic E-state index is 3.60. The van der Waals surface area contributed by atoms with Crippen LogP contribution in [0.4, 0.5) is 0 Å². The second-order valence-corrected chi connectivity index (χ2v) is 6.47. The number of thiophene rings is 1. The predicted molar refractivity (Wildman–Crippen MR) is 80.8 cm³/mol. The van der Waals surface area contributed by atoms with Gasteiger partial charge in [0.05, 0.1) is 0 Å². The Bertz CT molecular complexity index is 493. The Morgan fingerprint density at radius 3 is 3.06 bits per heavy atom. The van der Waals surface area contributed by atoms with Crippen molar-refractivity contribution in [1.29, 1.82) is 0 Å². The third kappa shape index (κ3) is 2.79. The van der Waals surface area contributed by atoms with Gasteiger partial charge in [0.2, 0.25) is 0 Å². The number of hydrogen-bond acceptors (Lipinski definition) is 3. The highest BCUT2D eigenvalue weighted by Gasteiger charge is 2.21. The number of nitrogens with one attached hydrogen (secondary N) is 1. The monoisotopic (exact) mass is 275 g/mol. The Balaban J connectivity index is 1.47. The summed E-state index contributed by atoms with van der Waals surface area (Å²) < 4.78 is 0. The molecule has 0 amide bonds. The molecule has 94 valence electrons. The lowest BCUT2D eigenvalue weighted by Gasteiger charge is -2.11. The van der Waals surface area contributed by atoms with E-state index in [1.54, 1.807) is 11.3 Å². The summed E-state index contributed by atoms with van der Waals surface area (Å²) in [6.45, 7) is 2.19. The van der Waals surface area contributed by atoms with Crippen LogP contribution in [-0.4, -0.2) is 18.8 Å². The highest BCUT2D eigenvalue weighted by atomic mass is 32.2. The van der Waals surface area contributed by atoms with E-state index in [0.29, 0.717) is 5.92 Å². The maximum Gasteiger partial charge on any atom is 0.0108 e. The van der Waals surface area contributed by atoms with Gasteiger partial charge in [-0.3, -0.25) is 0 Å². The van der Waals surface area contributed by atoms with Crippen LogP contribution in [0.1, 0.15) is 17.0 Å². The quantitative estimate of drug-likeness (QED) is 0.834. The van der Waals surface area contributed by atoms with Gasteiger partial charge in [0.25, 0.3) is 0 Å². The van der Waals surface area contributed by atoms with Crippen molar-refractivity contribution in [3.8, 4) is 0 Å². The van der Waals surface area contributed by atoms with Gasteiger partial charge >= 0.3 is 0 Å². The molecular formula is C15H17NS2. The molecular weight excluding hydrogens is 258 g/mol. The summed E-state index contributed by atoms with van der Waals surface area (Å²) in [4.78, 5) is 1.47. The number of rotatable bonds is 5. The van der Waals surface area contributed by atoms with E-state index in [2.05, 4.69) is 46.4 Å². The Morgan fingerprint density at radius 1 is 1.22 bits per heavy atom. The molecule has 1 N–H and O–H groups in total. The summed E-state index contributed by atoms with van der Waals surface area (Å²) in [6.07, 6.45) is 1.14. The van der Waals surface area contributed by atoms with Crippen molar-refractivity contribution < 1.29 is 0 Å². The maximum atomic E-state index is 3.60. The zero-order valence-electron chi connectivity index (χ0n) is 10.3. The fourth-order valence-electron chi connectivity index (χ4n) is 2.34. The predicted octanol–water partition coefficient (Wildman–Crippen LogP) is 3.77. The van der Waals surface area contributed by atoms with E-state index in [4.69, 9.17) is 0 Å². The van der Waals surface area contributed by atoms with Crippen LogP contribution in [0.15, 0.2) is 46.0 Å². The first-order chi connectivity index (χ1) is 8.93. The van der Waals surface area contributed by atoms with Crippen molar-refractivity contribution in [3.05, 3.63) is 52.2 Å². The molecule has 0 radical (unpaired) electrons. The molecule has 1 atom stereocenters. The van der Waals surface area contributed by atoms with Crippen molar-refractivity contribution >= 4 is 23.1 Å². The molecule has 0 spiro atoms. The minimum absolute atomic E-state index is 0.689. The second kappa shape index (κ2) is 5.91. The van der Waals surface area contributed by atoms with Gasteiger partial charge in [-0.2, -0.15) is 11.3 Å². The number of fused-ring (bicyclic) bond motifs is 1. The van der Waals surface area contributed by atoms with Gasteiger partial charge in [-0.05, 0) is 47.0 Å². The molecule has 0 saturated heterocycles. The van der Waals surface area contributed by atoms with Gasteiger partial charge in [-0.1, -0.05) is 18.2 Å². The van der Waals surface area contributed by atoms with E-state index >= 15 is 0 Å². The number of benzene rings is 1. The topological polar surface area (TPSA) is 12.0 Å². The van der Waals surface area contributed by atoms with E-state index in [9.17, 15) is 0 Å². The molecule has 3 rings (SSSR count). The van der Waals surface area contributed by atoms with Gasteiger partial charge in [-0.25, -0.2) is 0 Å². The normalized spacial score (nSPS) is 17.9. The van der Waals surface area contributed by atoms with Crippen LogP contribution in [0.2, 0.25) is 0 Å². The average Bonchev–Trinajstić information content (AvgIpc) is 3.04. The molecule has 1 aromatic heterocycles. The summed E-state index contributed by atoms with van der Waals surface area (Å²) in [5.41, 5.74) is 2.99. The first-order valence-electron chi connectivity index (χ1n) is 6.37. The van der Waals surface area contributed by atoms with Gasteiger partial charge < -0.3 is 5.32 Å². The van der Waals surface area contributed by atoms with E-state index in [1.807, 2.05) is 11.8 Å². The molecule has 0 fully saturated rings.